The van der Waals surface area contributed by atoms with Gasteiger partial charge < -0.3 is 14.0 Å². The maximum absolute atomic E-state index is 13.0. The van der Waals surface area contributed by atoms with Gasteiger partial charge in [-0.1, -0.05) is 29.6 Å². The lowest BCUT2D eigenvalue weighted by Crippen LogP contribution is -2.53. The molecular formula is C18H22Cl2N4O2. The fourth-order valence-corrected chi connectivity index (χ4v) is 4.34. The topological polar surface area (TPSA) is 50.1 Å². The number of amides is 1. The first kappa shape index (κ1) is 18.0. The summed E-state index contributed by atoms with van der Waals surface area (Å²) in [6.07, 6.45) is 6.83. The number of carbonyl (C=O) groups is 1. The fraction of sp³-hybridized carbons (Fsp3) is 0.556. The number of hydrogen-bond acceptors (Lipinski definition) is 4. The number of pyridine rings is 1. The number of likely N-dealkylation sites (tertiary alicyclic amines) is 1. The predicted octanol–water partition coefficient (Wildman–Crippen LogP) is 2.85. The third-order valence-electron chi connectivity index (χ3n) is 5.11. The van der Waals surface area contributed by atoms with E-state index in [1.165, 1.54) is 0 Å². The van der Waals surface area contributed by atoms with E-state index in [0.717, 1.165) is 31.5 Å². The number of hydrogen-bond donors (Lipinski definition) is 0. The summed E-state index contributed by atoms with van der Waals surface area (Å²) in [5.41, 5.74) is 1.59. The highest BCUT2D eigenvalue weighted by atomic mass is 35.5. The number of imidazole rings is 1. The minimum atomic E-state index is -0.0780. The first-order valence-corrected chi connectivity index (χ1v) is 9.80. The number of carbonyl (C=O) groups excluding carboxylic acids is 1. The Hall–Kier alpha value is -1.34. The van der Waals surface area contributed by atoms with Crippen molar-refractivity contribution in [2.75, 3.05) is 32.8 Å². The van der Waals surface area contributed by atoms with E-state index in [1.807, 2.05) is 15.5 Å². The monoisotopic (exact) mass is 396 g/mol. The summed E-state index contributed by atoms with van der Waals surface area (Å²) < 4.78 is 7.22. The van der Waals surface area contributed by atoms with Crippen LogP contribution in [0.2, 0.25) is 10.0 Å². The zero-order chi connectivity index (χ0) is 18.1. The van der Waals surface area contributed by atoms with Gasteiger partial charge in [-0.3, -0.25) is 9.69 Å². The minimum absolute atomic E-state index is 0.0780. The number of rotatable bonds is 3. The van der Waals surface area contributed by atoms with Gasteiger partial charge in [0.05, 0.1) is 35.0 Å². The molecule has 4 heterocycles. The maximum atomic E-state index is 13.0. The summed E-state index contributed by atoms with van der Waals surface area (Å²) in [5, 5.41) is 1.10. The Labute approximate surface area is 162 Å². The second-order valence-corrected chi connectivity index (χ2v) is 7.73. The lowest BCUT2D eigenvalue weighted by atomic mass is 10.0. The van der Waals surface area contributed by atoms with Gasteiger partial charge in [-0.2, -0.15) is 0 Å². The molecule has 2 saturated heterocycles. The minimum Gasteiger partial charge on any atom is -0.378 e. The number of piperidine rings is 1. The molecule has 2 aliphatic heterocycles. The standard InChI is InChI=1S/C18H22Cl2N4O2/c19-13-9-15(20)17-21-14(12-24(17)10-13)11-23-4-2-1-3-16(23)18(25)22-5-7-26-8-6-22/h9-10,12,16H,1-8,11H2. The van der Waals surface area contributed by atoms with E-state index in [0.29, 0.717) is 48.5 Å². The molecule has 8 heteroatoms. The summed E-state index contributed by atoms with van der Waals surface area (Å²) >= 11 is 12.3. The van der Waals surface area contributed by atoms with Gasteiger partial charge in [0.15, 0.2) is 5.65 Å². The molecule has 4 rings (SSSR count). The molecule has 0 spiro atoms. The van der Waals surface area contributed by atoms with Crippen LogP contribution in [0.3, 0.4) is 0 Å². The summed E-state index contributed by atoms with van der Waals surface area (Å²) in [6.45, 7) is 4.17. The molecule has 2 aromatic rings. The van der Waals surface area contributed by atoms with Gasteiger partial charge in [0, 0.05) is 32.0 Å². The van der Waals surface area contributed by atoms with Crippen LogP contribution in [0.25, 0.3) is 5.65 Å². The molecule has 2 aliphatic rings. The van der Waals surface area contributed by atoms with Crippen LogP contribution in [0.15, 0.2) is 18.5 Å². The van der Waals surface area contributed by atoms with E-state index in [-0.39, 0.29) is 11.9 Å². The highest BCUT2D eigenvalue weighted by Crippen LogP contribution is 2.25. The van der Waals surface area contributed by atoms with E-state index in [4.69, 9.17) is 27.9 Å². The van der Waals surface area contributed by atoms with Crippen LogP contribution < -0.4 is 0 Å². The molecule has 1 unspecified atom stereocenters. The molecule has 0 bridgehead atoms. The van der Waals surface area contributed by atoms with E-state index in [9.17, 15) is 4.79 Å². The molecule has 0 N–H and O–H groups in total. The largest absolute Gasteiger partial charge is 0.378 e. The van der Waals surface area contributed by atoms with E-state index in [2.05, 4.69) is 9.88 Å². The molecule has 2 fully saturated rings. The van der Waals surface area contributed by atoms with Gasteiger partial charge in [-0.05, 0) is 25.5 Å². The number of halogens is 2. The summed E-state index contributed by atoms with van der Waals surface area (Å²) in [6, 6.07) is 1.62. The van der Waals surface area contributed by atoms with Gasteiger partial charge in [0.2, 0.25) is 5.91 Å². The van der Waals surface area contributed by atoms with Gasteiger partial charge in [0.1, 0.15) is 0 Å². The quantitative estimate of drug-likeness (QED) is 0.800. The Morgan fingerprint density at radius 2 is 2.00 bits per heavy atom. The van der Waals surface area contributed by atoms with Crippen molar-refractivity contribution in [3.8, 4) is 0 Å². The summed E-state index contributed by atoms with van der Waals surface area (Å²) in [4.78, 5) is 21.8. The highest BCUT2D eigenvalue weighted by molar-refractivity contribution is 6.36. The summed E-state index contributed by atoms with van der Waals surface area (Å²) in [7, 11) is 0. The molecule has 1 atom stereocenters. The van der Waals surface area contributed by atoms with Crippen LogP contribution in [-0.2, 0) is 16.1 Å². The third kappa shape index (κ3) is 3.69. The zero-order valence-corrected chi connectivity index (χ0v) is 16.0. The van der Waals surface area contributed by atoms with E-state index in [1.54, 1.807) is 12.3 Å². The smallest absolute Gasteiger partial charge is 0.240 e. The van der Waals surface area contributed by atoms with E-state index >= 15 is 0 Å². The molecule has 2 aromatic heterocycles. The van der Waals surface area contributed by atoms with Crippen molar-refractivity contribution in [3.63, 3.8) is 0 Å². The second-order valence-electron chi connectivity index (χ2n) is 6.89. The maximum Gasteiger partial charge on any atom is 0.240 e. The molecule has 0 radical (unpaired) electrons. The number of fused-ring (bicyclic) bond motifs is 1. The zero-order valence-electron chi connectivity index (χ0n) is 14.5. The van der Waals surface area contributed by atoms with Crippen LogP contribution in [0.4, 0.5) is 0 Å². The first-order chi connectivity index (χ1) is 12.6. The Balaban J connectivity index is 1.53. The van der Waals surface area contributed by atoms with Gasteiger partial charge in [-0.15, -0.1) is 0 Å². The number of aromatic nitrogens is 2. The Bertz CT molecular complexity index is 804. The Kier molecular flexibility index (Phi) is 5.36. The Morgan fingerprint density at radius 1 is 1.19 bits per heavy atom. The SMILES string of the molecule is O=C(C1CCCCN1Cc1cn2cc(Cl)cc(Cl)c2n1)N1CCOCC1. The van der Waals surface area contributed by atoms with Gasteiger partial charge in [0.25, 0.3) is 0 Å². The van der Waals surface area contributed by atoms with Crippen LogP contribution in [0, 0.1) is 0 Å². The van der Waals surface area contributed by atoms with Crippen molar-refractivity contribution in [1.82, 2.24) is 19.2 Å². The lowest BCUT2D eigenvalue weighted by molar-refractivity contribution is -0.142. The molecule has 1 amide bonds. The van der Waals surface area contributed by atoms with Crippen molar-refractivity contribution in [1.29, 1.82) is 0 Å². The molecule has 26 heavy (non-hydrogen) atoms. The average molecular weight is 397 g/mol. The Morgan fingerprint density at radius 3 is 2.81 bits per heavy atom. The van der Waals surface area contributed by atoms with Crippen LogP contribution >= 0.6 is 23.2 Å². The summed E-state index contributed by atoms with van der Waals surface area (Å²) in [5.74, 6) is 0.220. The van der Waals surface area contributed by atoms with E-state index < -0.39 is 0 Å². The van der Waals surface area contributed by atoms with Crippen molar-refractivity contribution in [2.24, 2.45) is 0 Å². The number of ether oxygens (including phenoxy) is 1. The lowest BCUT2D eigenvalue weighted by Gasteiger charge is -2.38. The predicted molar refractivity (Wildman–Crippen MR) is 101 cm³/mol. The van der Waals surface area contributed by atoms with Crippen LogP contribution in [0.1, 0.15) is 25.0 Å². The normalized spacial score (nSPS) is 22.1. The highest BCUT2D eigenvalue weighted by Gasteiger charge is 2.33. The second kappa shape index (κ2) is 7.72. The van der Waals surface area contributed by atoms with Crippen molar-refractivity contribution < 1.29 is 9.53 Å². The molecule has 6 nitrogen and oxygen atoms in total. The third-order valence-corrected chi connectivity index (χ3v) is 5.59. The molecular weight excluding hydrogens is 375 g/mol. The van der Waals surface area contributed by atoms with Crippen LogP contribution in [0.5, 0.6) is 0 Å². The van der Waals surface area contributed by atoms with Crippen molar-refractivity contribution >= 4 is 34.8 Å². The molecule has 140 valence electrons. The fourth-order valence-electron chi connectivity index (χ4n) is 3.81. The number of nitrogens with zero attached hydrogens (tertiary/aromatic N) is 4. The number of morpholine rings is 1. The first-order valence-electron chi connectivity index (χ1n) is 9.05. The molecule has 0 aliphatic carbocycles. The van der Waals surface area contributed by atoms with Crippen molar-refractivity contribution in [2.45, 2.75) is 31.8 Å². The van der Waals surface area contributed by atoms with Gasteiger partial charge >= 0.3 is 0 Å². The van der Waals surface area contributed by atoms with Gasteiger partial charge in [-0.25, -0.2) is 4.98 Å². The van der Waals surface area contributed by atoms with Crippen molar-refractivity contribution in [3.05, 3.63) is 34.2 Å². The molecule has 0 saturated carbocycles. The molecule has 0 aromatic carbocycles. The van der Waals surface area contributed by atoms with Crippen LogP contribution in [-0.4, -0.2) is 64.0 Å². The average Bonchev–Trinajstić information content (AvgIpc) is 3.05.